The van der Waals surface area contributed by atoms with Crippen LogP contribution in [0.5, 0.6) is 0 Å². The Morgan fingerprint density at radius 1 is 1.50 bits per heavy atom. The van der Waals surface area contributed by atoms with E-state index in [1.807, 2.05) is 12.2 Å². The van der Waals surface area contributed by atoms with E-state index in [1.54, 1.807) is 0 Å². The fourth-order valence-corrected chi connectivity index (χ4v) is 2.30. The van der Waals surface area contributed by atoms with Crippen molar-refractivity contribution in [3.05, 3.63) is 23.8 Å². The first-order chi connectivity index (χ1) is 5.61. The number of rotatable bonds is 0. The summed E-state index contributed by atoms with van der Waals surface area (Å²) in [5.41, 5.74) is 1.25. The highest BCUT2D eigenvalue weighted by Gasteiger charge is 2.43. The molecule has 0 radical (unpaired) electrons. The summed E-state index contributed by atoms with van der Waals surface area (Å²) in [6, 6.07) is 0. The second-order valence-corrected chi connectivity index (χ2v) is 4.43. The monoisotopic (exact) mass is 162 g/mol. The number of carbonyl (C=O) groups excluding carboxylic acids is 1. The maximum atomic E-state index is 11.5. The van der Waals surface area contributed by atoms with Gasteiger partial charge in [0.15, 0.2) is 5.78 Å². The van der Waals surface area contributed by atoms with Crippen molar-refractivity contribution in [3.63, 3.8) is 0 Å². The molecule has 1 fully saturated rings. The lowest BCUT2D eigenvalue weighted by Crippen LogP contribution is -2.18. The van der Waals surface area contributed by atoms with Gasteiger partial charge >= 0.3 is 0 Å². The predicted molar refractivity (Wildman–Crippen MR) is 48.7 cm³/mol. The molecule has 0 aromatic rings. The molecule has 1 saturated carbocycles. The second kappa shape index (κ2) is 2.32. The van der Waals surface area contributed by atoms with Crippen molar-refractivity contribution in [3.8, 4) is 0 Å². The lowest BCUT2D eigenvalue weighted by atomic mass is 9.77. The summed E-state index contributed by atoms with van der Waals surface area (Å²) in [4.78, 5) is 11.5. The summed E-state index contributed by atoms with van der Waals surface area (Å²) in [6.45, 7) is 4.38. The molecule has 0 aromatic carbocycles. The largest absolute Gasteiger partial charge is 0.295 e. The molecule has 2 rings (SSSR count). The third kappa shape index (κ3) is 0.961. The average molecular weight is 162 g/mol. The third-order valence-corrected chi connectivity index (χ3v) is 3.04. The maximum Gasteiger partial charge on any atom is 0.159 e. The normalized spacial score (nSPS) is 31.7. The Labute approximate surface area is 73.2 Å². The van der Waals surface area contributed by atoms with Gasteiger partial charge in [-0.05, 0) is 23.3 Å². The van der Waals surface area contributed by atoms with Crippen LogP contribution in [0.4, 0.5) is 0 Å². The van der Waals surface area contributed by atoms with Crippen molar-refractivity contribution in [2.75, 3.05) is 0 Å². The zero-order valence-electron chi connectivity index (χ0n) is 7.63. The molecule has 12 heavy (non-hydrogen) atoms. The predicted octanol–water partition coefficient (Wildman–Crippen LogP) is 2.49. The minimum Gasteiger partial charge on any atom is -0.295 e. The van der Waals surface area contributed by atoms with Gasteiger partial charge in [-0.1, -0.05) is 32.1 Å². The van der Waals surface area contributed by atoms with Crippen LogP contribution in [0.15, 0.2) is 23.8 Å². The van der Waals surface area contributed by atoms with Crippen molar-refractivity contribution >= 4 is 5.78 Å². The highest BCUT2D eigenvalue weighted by Crippen LogP contribution is 2.47. The highest BCUT2D eigenvalue weighted by molar-refractivity contribution is 5.99. The highest BCUT2D eigenvalue weighted by atomic mass is 16.1. The molecule has 1 nitrogen and oxygen atoms in total. The minimum absolute atomic E-state index is 0.188. The van der Waals surface area contributed by atoms with E-state index in [2.05, 4.69) is 19.9 Å². The van der Waals surface area contributed by atoms with Crippen molar-refractivity contribution in [2.24, 2.45) is 11.3 Å². The summed E-state index contributed by atoms with van der Waals surface area (Å²) in [7, 11) is 0. The molecule has 0 amide bonds. The molecular formula is C11H14O. The van der Waals surface area contributed by atoms with Crippen LogP contribution in [0.2, 0.25) is 0 Å². The first-order valence-corrected chi connectivity index (χ1v) is 4.51. The van der Waals surface area contributed by atoms with Crippen LogP contribution in [-0.2, 0) is 4.79 Å². The number of carbonyl (C=O) groups is 1. The summed E-state index contributed by atoms with van der Waals surface area (Å²) < 4.78 is 0. The number of Topliss-reactive ketones (excluding diaryl/α,β-unsaturated/α-hetero) is 1. The molecule has 1 atom stereocenters. The van der Waals surface area contributed by atoms with Gasteiger partial charge in [0.25, 0.3) is 0 Å². The summed E-state index contributed by atoms with van der Waals surface area (Å²) in [5, 5.41) is 0. The van der Waals surface area contributed by atoms with Gasteiger partial charge in [0.1, 0.15) is 0 Å². The number of allylic oxidation sites excluding steroid dienone is 4. The number of hydrogen-bond donors (Lipinski definition) is 0. The number of fused-ring (bicyclic) bond motifs is 1. The van der Waals surface area contributed by atoms with Gasteiger partial charge in [-0.25, -0.2) is 0 Å². The van der Waals surface area contributed by atoms with E-state index in [-0.39, 0.29) is 5.41 Å². The third-order valence-electron chi connectivity index (χ3n) is 3.04. The Morgan fingerprint density at radius 2 is 2.25 bits per heavy atom. The molecule has 2 aliphatic carbocycles. The van der Waals surface area contributed by atoms with E-state index >= 15 is 0 Å². The van der Waals surface area contributed by atoms with Crippen LogP contribution < -0.4 is 0 Å². The molecule has 0 spiro atoms. The van der Waals surface area contributed by atoms with Crippen molar-refractivity contribution < 1.29 is 4.79 Å². The molecular weight excluding hydrogens is 148 g/mol. The second-order valence-electron chi connectivity index (χ2n) is 4.43. The summed E-state index contributed by atoms with van der Waals surface area (Å²) in [6.07, 6.45) is 7.93. The quantitative estimate of drug-likeness (QED) is 0.535. The molecule has 0 N–H and O–H groups in total. The van der Waals surface area contributed by atoms with E-state index in [1.165, 1.54) is 0 Å². The van der Waals surface area contributed by atoms with E-state index < -0.39 is 0 Å². The molecule has 0 saturated heterocycles. The van der Waals surface area contributed by atoms with Gasteiger partial charge in [0.05, 0.1) is 0 Å². The van der Waals surface area contributed by atoms with Gasteiger partial charge in [0, 0.05) is 6.42 Å². The molecule has 1 unspecified atom stereocenters. The van der Waals surface area contributed by atoms with Crippen LogP contribution >= 0.6 is 0 Å². The summed E-state index contributed by atoms with van der Waals surface area (Å²) in [5.74, 6) is 0.837. The first-order valence-electron chi connectivity index (χ1n) is 4.51. The van der Waals surface area contributed by atoms with E-state index in [4.69, 9.17) is 0 Å². The van der Waals surface area contributed by atoms with Crippen molar-refractivity contribution in [1.29, 1.82) is 0 Å². The average Bonchev–Trinajstić information content (AvgIpc) is 2.25. The van der Waals surface area contributed by atoms with Gasteiger partial charge in [0.2, 0.25) is 0 Å². The zero-order valence-corrected chi connectivity index (χ0v) is 7.63. The van der Waals surface area contributed by atoms with Gasteiger partial charge in [-0.15, -0.1) is 0 Å². The van der Waals surface area contributed by atoms with Crippen LogP contribution in [0.3, 0.4) is 0 Å². The SMILES string of the molecule is CC1(C)CC(=O)C2=CC=CCC21. The molecule has 64 valence electrons. The van der Waals surface area contributed by atoms with Gasteiger partial charge in [-0.2, -0.15) is 0 Å². The number of hydrogen-bond acceptors (Lipinski definition) is 1. The molecule has 0 aromatic heterocycles. The van der Waals surface area contributed by atoms with Crippen LogP contribution in [0, 0.1) is 11.3 Å². The lowest BCUT2D eigenvalue weighted by molar-refractivity contribution is -0.115. The van der Waals surface area contributed by atoms with E-state index in [0.29, 0.717) is 11.7 Å². The van der Waals surface area contributed by atoms with Crippen LogP contribution in [0.1, 0.15) is 26.7 Å². The van der Waals surface area contributed by atoms with Gasteiger partial charge < -0.3 is 0 Å². The zero-order chi connectivity index (χ0) is 8.77. The van der Waals surface area contributed by atoms with E-state index in [0.717, 1.165) is 18.4 Å². The lowest BCUT2D eigenvalue weighted by Gasteiger charge is -2.26. The Kier molecular flexibility index (Phi) is 1.50. The summed E-state index contributed by atoms with van der Waals surface area (Å²) >= 11 is 0. The maximum absolute atomic E-state index is 11.5. The fourth-order valence-electron chi connectivity index (χ4n) is 2.30. The Bertz CT molecular complexity index is 281. The molecule has 2 aliphatic rings. The first kappa shape index (κ1) is 7.78. The Morgan fingerprint density at radius 3 is 2.92 bits per heavy atom. The van der Waals surface area contributed by atoms with Crippen LogP contribution in [-0.4, -0.2) is 5.78 Å². The smallest absolute Gasteiger partial charge is 0.159 e. The van der Waals surface area contributed by atoms with Gasteiger partial charge in [-0.3, -0.25) is 4.79 Å². The number of ketones is 1. The Hall–Kier alpha value is -0.850. The molecule has 0 heterocycles. The van der Waals surface area contributed by atoms with Crippen LogP contribution in [0.25, 0.3) is 0 Å². The topological polar surface area (TPSA) is 17.1 Å². The van der Waals surface area contributed by atoms with Crippen molar-refractivity contribution in [2.45, 2.75) is 26.7 Å². The van der Waals surface area contributed by atoms with Crippen molar-refractivity contribution in [1.82, 2.24) is 0 Å². The molecule has 1 heteroatoms. The fraction of sp³-hybridized carbons (Fsp3) is 0.545. The van der Waals surface area contributed by atoms with E-state index in [9.17, 15) is 4.79 Å². The standard InChI is InChI=1S/C11H14O/c1-11(2)7-10(12)8-5-3-4-6-9(8)11/h3-5,9H,6-7H2,1-2H3. The minimum atomic E-state index is 0.188. The Balaban J connectivity index is 2.41. The molecule has 0 bridgehead atoms. The molecule has 0 aliphatic heterocycles.